The van der Waals surface area contributed by atoms with Crippen molar-refractivity contribution in [1.82, 2.24) is 24.8 Å². The van der Waals surface area contributed by atoms with E-state index in [9.17, 15) is 13.6 Å². The average molecular weight is 496 g/mol. The van der Waals surface area contributed by atoms with Crippen molar-refractivity contribution < 1.29 is 13.6 Å². The van der Waals surface area contributed by atoms with Crippen molar-refractivity contribution in [3.05, 3.63) is 102 Å². The van der Waals surface area contributed by atoms with Crippen molar-refractivity contribution >= 4 is 16.8 Å². The zero-order valence-corrected chi connectivity index (χ0v) is 19.9. The van der Waals surface area contributed by atoms with Crippen LogP contribution in [0.2, 0.25) is 0 Å². The second-order valence-corrected chi connectivity index (χ2v) is 9.22. The number of aromatic amines is 1. The fourth-order valence-electron chi connectivity index (χ4n) is 5.00. The first-order valence-electron chi connectivity index (χ1n) is 12.2. The summed E-state index contributed by atoms with van der Waals surface area (Å²) in [6.45, 7) is 1.02. The van der Waals surface area contributed by atoms with E-state index in [4.69, 9.17) is 4.98 Å². The van der Waals surface area contributed by atoms with Crippen molar-refractivity contribution in [2.45, 2.75) is 18.8 Å². The van der Waals surface area contributed by atoms with Crippen molar-refractivity contribution in [3.63, 3.8) is 0 Å². The predicted octanol–water partition coefficient (Wildman–Crippen LogP) is 5.98. The monoisotopic (exact) mass is 495 g/mol. The number of carbonyl (C=O) groups is 1. The van der Waals surface area contributed by atoms with Crippen LogP contribution in [0.3, 0.4) is 0 Å². The Morgan fingerprint density at radius 3 is 2.73 bits per heavy atom. The number of halogens is 2. The van der Waals surface area contributed by atoms with Crippen LogP contribution >= 0.6 is 0 Å². The third-order valence-corrected chi connectivity index (χ3v) is 6.81. The molecule has 6 nitrogen and oxygen atoms in total. The van der Waals surface area contributed by atoms with Gasteiger partial charge in [0.2, 0.25) is 0 Å². The molecule has 8 heteroatoms. The molecule has 5 aromatic rings. The Bertz CT molecular complexity index is 1600. The topological polar surface area (TPSA) is 74.8 Å². The quantitative estimate of drug-likeness (QED) is 0.333. The Balaban J connectivity index is 1.37. The summed E-state index contributed by atoms with van der Waals surface area (Å²) in [7, 11) is 0. The van der Waals surface area contributed by atoms with Gasteiger partial charge in [-0.3, -0.25) is 9.78 Å². The lowest BCUT2D eigenvalue weighted by molar-refractivity contribution is 0.0701. The zero-order chi connectivity index (χ0) is 25.4. The first kappa shape index (κ1) is 23.0. The van der Waals surface area contributed by atoms with E-state index in [0.717, 1.165) is 18.4 Å². The molecule has 3 aromatic heterocycles. The summed E-state index contributed by atoms with van der Waals surface area (Å²) in [5.74, 6) is -0.472. The molecule has 2 aromatic carbocycles. The van der Waals surface area contributed by atoms with Gasteiger partial charge in [-0.1, -0.05) is 18.2 Å². The van der Waals surface area contributed by atoms with E-state index in [1.807, 2.05) is 12.1 Å². The summed E-state index contributed by atoms with van der Waals surface area (Å²) in [5.41, 5.74) is 3.63. The molecule has 1 N–H and O–H groups in total. The fraction of sp³-hybridized carbons (Fsp3) is 0.172. The van der Waals surface area contributed by atoms with Gasteiger partial charge in [-0.15, -0.1) is 0 Å². The number of nitrogens with one attached hydrogen (secondary N) is 1. The van der Waals surface area contributed by atoms with Crippen molar-refractivity contribution in [3.8, 4) is 22.5 Å². The lowest BCUT2D eigenvalue weighted by atomic mass is 9.89. The molecular formula is C29H23F2N5O. The zero-order valence-electron chi connectivity index (χ0n) is 19.9. The SMILES string of the molecule is O=C(c1cc2cc(F)ccc2[nH]1)N1CCCC(c2nc(-c3cccnc3)ncc2-c2ccccc2F)C1. The maximum absolute atomic E-state index is 14.8. The highest BCUT2D eigenvalue weighted by molar-refractivity contribution is 5.98. The number of nitrogens with zero attached hydrogens (tertiary/aromatic N) is 4. The van der Waals surface area contributed by atoms with Gasteiger partial charge in [-0.05, 0) is 55.3 Å². The number of amides is 1. The molecule has 6 rings (SSSR count). The summed E-state index contributed by atoms with van der Waals surface area (Å²) in [5, 5.41) is 0.649. The lowest BCUT2D eigenvalue weighted by Gasteiger charge is -2.33. The molecule has 4 heterocycles. The number of benzene rings is 2. The Labute approximate surface area is 212 Å². The number of aromatic nitrogens is 4. The Hall–Kier alpha value is -4.46. The Morgan fingerprint density at radius 1 is 1.00 bits per heavy atom. The minimum absolute atomic E-state index is 0.118. The molecule has 1 fully saturated rings. The summed E-state index contributed by atoms with van der Waals surface area (Å²) in [4.78, 5) is 31.9. The maximum Gasteiger partial charge on any atom is 0.270 e. The van der Waals surface area contributed by atoms with E-state index in [1.165, 1.54) is 18.2 Å². The number of piperidine rings is 1. The van der Waals surface area contributed by atoms with Crippen molar-refractivity contribution in [2.24, 2.45) is 0 Å². The third kappa shape index (κ3) is 4.46. The number of hydrogen-bond acceptors (Lipinski definition) is 4. The van der Waals surface area contributed by atoms with E-state index in [1.54, 1.807) is 53.8 Å². The van der Waals surface area contributed by atoms with E-state index < -0.39 is 0 Å². The lowest BCUT2D eigenvalue weighted by Crippen LogP contribution is -2.39. The van der Waals surface area contributed by atoms with E-state index >= 15 is 0 Å². The molecular weight excluding hydrogens is 472 g/mol. The number of carbonyl (C=O) groups excluding carboxylic acids is 1. The van der Waals surface area contributed by atoms with Gasteiger partial charge in [0.1, 0.15) is 17.3 Å². The van der Waals surface area contributed by atoms with E-state index in [2.05, 4.69) is 15.0 Å². The first-order valence-corrected chi connectivity index (χ1v) is 12.2. The summed E-state index contributed by atoms with van der Waals surface area (Å²) in [6, 6.07) is 16.3. The number of hydrogen-bond donors (Lipinski definition) is 1. The molecule has 37 heavy (non-hydrogen) atoms. The van der Waals surface area contributed by atoms with Crippen molar-refractivity contribution in [2.75, 3.05) is 13.1 Å². The van der Waals surface area contributed by atoms with Gasteiger partial charge in [-0.2, -0.15) is 0 Å². The van der Waals surface area contributed by atoms with Crippen molar-refractivity contribution in [1.29, 1.82) is 0 Å². The Morgan fingerprint density at radius 2 is 1.89 bits per heavy atom. The molecule has 0 spiro atoms. The van der Waals surface area contributed by atoms with Crippen LogP contribution in [-0.4, -0.2) is 43.8 Å². The van der Waals surface area contributed by atoms with Gasteiger partial charge in [0.25, 0.3) is 5.91 Å². The predicted molar refractivity (Wildman–Crippen MR) is 137 cm³/mol. The smallest absolute Gasteiger partial charge is 0.270 e. The Kier molecular flexibility index (Phi) is 5.92. The molecule has 0 radical (unpaired) electrons. The van der Waals surface area contributed by atoms with Crippen LogP contribution in [0.15, 0.2) is 79.3 Å². The second kappa shape index (κ2) is 9.54. The van der Waals surface area contributed by atoms with Crippen LogP contribution in [0.5, 0.6) is 0 Å². The number of likely N-dealkylation sites (tertiary alicyclic amines) is 1. The molecule has 1 aliphatic heterocycles. The number of H-pyrrole nitrogens is 1. The molecule has 1 atom stereocenters. The van der Waals surface area contributed by atoms with Gasteiger partial charge in [-0.25, -0.2) is 18.7 Å². The molecule has 1 saturated heterocycles. The number of rotatable bonds is 4. The number of fused-ring (bicyclic) bond motifs is 1. The summed E-state index contributed by atoms with van der Waals surface area (Å²) >= 11 is 0. The summed E-state index contributed by atoms with van der Waals surface area (Å²) in [6.07, 6.45) is 6.61. The molecule has 1 amide bonds. The molecule has 1 unspecified atom stereocenters. The van der Waals surface area contributed by atoms with Gasteiger partial charge < -0.3 is 9.88 Å². The van der Waals surface area contributed by atoms with Gasteiger partial charge >= 0.3 is 0 Å². The fourth-order valence-corrected chi connectivity index (χ4v) is 5.00. The number of pyridine rings is 1. The minimum Gasteiger partial charge on any atom is -0.351 e. The van der Waals surface area contributed by atoms with Crippen LogP contribution in [0.4, 0.5) is 8.78 Å². The third-order valence-electron chi connectivity index (χ3n) is 6.81. The molecule has 184 valence electrons. The van der Waals surface area contributed by atoms with Crippen LogP contribution in [0.25, 0.3) is 33.4 Å². The average Bonchev–Trinajstić information content (AvgIpc) is 3.36. The van der Waals surface area contributed by atoms with Gasteiger partial charge in [0.05, 0.1) is 5.69 Å². The van der Waals surface area contributed by atoms with E-state index in [-0.39, 0.29) is 23.5 Å². The normalized spacial score (nSPS) is 15.7. The second-order valence-electron chi connectivity index (χ2n) is 9.22. The maximum atomic E-state index is 14.8. The largest absolute Gasteiger partial charge is 0.351 e. The van der Waals surface area contributed by atoms with Crippen LogP contribution in [0.1, 0.15) is 34.9 Å². The van der Waals surface area contributed by atoms with Gasteiger partial charge in [0, 0.05) is 65.2 Å². The molecule has 0 saturated carbocycles. The molecule has 1 aliphatic rings. The van der Waals surface area contributed by atoms with Gasteiger partial charge in [0.15, 0.2) is 5.82 Å². The van der Waals surface area contributed by atoms with Crippen LogP contribution in [-0.2, 0) is 0 Å². The molecule has 0 bridgehead atoms. The minimum atomic E-state index is -0.351. The molecule has 0 aliphatic carbocycles. The van der Waals surface area contributed by atoms with E-state index in [0.29, 0.717) is 52.3 Å². The summed E-state index contributed by atoms with van der Waals surface area (Å²) < 4.78 is 28.5. The highest BCUT2D eigenvalue weighted by Gasteiger charge is 2.30. The van der Waals surface area contributed by atoms with Crippen LogP contribution in [0, 0.1) is 11.6 Å². The first-order chi connectivity index (χ1) is 18.1. The van der Waals surface area contributed by atoms with Crippen LogP contribution < -0.4 is 0 Å². The highest BCUT2D eigenvalue weighted by atomic mass is 19.1. The highest BCUT2D eigenvalue weighted by Crippen LogP contribution is 2.35. The standard InChI is InChI=1S/C29H23F2N5O/c30-21-9-10-25-20(13-21)14-26(34-25)29(37)36-12-4-6-19(17-36)27-23(22-7-1-2-8-24(22)31)16-33-28(35-27)18-5-3-11-32-15-18/h1-3,5,7-11,13-16,19,34H,4,6,12,17H2.